The number of Topliss-reactive ketones (excluding diaryl/α,β-unsaturated/α-hetero) is 2. The molecule has 0 unspecified atom stereocenters. The first-order valence-electron chi connectivity index (χ1n) is 6.84. The highest BCUT2D eigenvalue weighted by atomic mass is 16.1. The average Bonchev–Trinajstić information content (AvgIpc) is 2.55. The Bertz CT molecular complexity index is 804. The van der Waals surface area contributed by atoms with Gasteiger partial charge in [-0.05, 0) is 16.8 Å². The number of fused-ring (bicyclic) bond motifs is 1. The van der Waals surface area contributed by atoms with E-state index < -0.39 is 0 Å². The lowest BCUT2D eigenvalue weighted by atomic mass is 9.99. The lowest BCUT2D eigenvalue weighted by Crippen LogP contribution is -2.08. The van der Waals surface area contributed by atoms with Crippen molar-refractivity contribution in [1.82, 2.24) is 0 Å². The van der Waals surface area contributed by atoms with Gasteiger partial charge in [0.05, 0.1) is 6.42 Å². The van der Waals surface area contributed by atoms with Gasteiger partial charge >= 0.3 is 0 Å². The van der Waals surface area contributed by atoms with E-state index in [0.29, 0.717) is 11.1 Å². The summed E-state index contributed by atoms with van der Waals surface area (Å²) < 4.78 is 0. The van der Waals surface area contributed by atoms with Crippen LogP contribution < -0.4 is 0 Å². The summed E-state index contributed by atoms with van der Waals surface area (Å²) in [5, 5.41) is 2.10. The molecule has 0 amide bonds. The van der Waals surface area contributed by atoms with Gasteiger partial charge in [-0.1, -0.05) is 66.7 Å². The zero-order valence-electron chi connectivity index (χ0n) is 11.5. The van der Waals surface area contributed by atoms with Crippen molar-refractivity contribution in [3.8, 4) is 0 Å². The smallest absolute Gasteiger partial charge is 0.170 e. The molecule has 0 atom stereocenters. The number of rotatable bonds is 4. The van der Waals surface area contributed by atoms with Gasteiger partial charge in [-0.2, -0.15) is 0 Å². The second-order valence-electron chi connectivity index (χ2n) is 4.95. The summed E-state index contributed by atoms with van der Waals surface area (Å²) in [5.41, 5.74) is 1.16. The summed E-state index contributed by atoms with van der Waals surface area (Å²) in [5.74, 6) is -0.289. The molecule has 3 rings (SSSR count). The van der Waals surface area contributed by atoms with Crippen molar-refractivity contribution in [3.63, 3.8) is 0 Å². The Hall–Kier alpha value is -2.74. The number of hydrogen-bond donors (Lipinski definition) is 0. The van der Waals surface area contributed by atoms with Crippen LogP contribution in [0.25, 0.3) is 10.8 Å². The number of benzene rings is 3. The molecule has 0 radical (unpaired) electrons. The van der Waals surface area contributed by atoms with Crippen LogP contribution in [-0.2, 0) is 0 Å². The van der Waals surface area contributed by atoms with Crippen molar-refractivity contribution >= 4 is 22.3 Å². The molecule has 0 saturated heterocycles. The molecule has 3 aromatic rings. The van der Waals surface area contributed by atoms with Crippen LogP contribution in [0.5, 0.6) is 0 Å². The molecule has 0 aliphatic carbocycles. The Kier molecular flexibility index (Phi) is 3.61. The Balaban J connectivity index is 1.82. The van der Waals surface area contributed by atoms with E-state index in [9.17, 15) is 9.59 Å². The Morgan fingerprint density at radius 2 is 1.24 bits per heavy atom. The monoisotopic (exact) mass is 274 g/mol. The molecule has 0 N–H and O–H groups in total. The molecular formula is C19H14O2. The van der Waals surface area contributed by atoms with Crippen LogP contribution in [0.15, 0.2) is 72.8 Å². The zero-order valence-corrected chi connectivity index (χ0v) is 11.5. The maximum absolute atomic E-state index is 12.3. The second kappa shape index (κ2) is 5.71. The van der Waals surface area contributed by atoms with Gasteiger partial charge in [-0.3, -0.25) is 9.59 Å². The van der Waals surface area contributed by atoms with E-state index >= 15 is 0 Å². The summed E-state index contributed by atoms with van der Waals surface area (Å²) in [7, 11) is 0. The van der Waals surface area contributed by atoms with Gasteiger partial charge in [0.15, 0.2) is 11.6 Å². The maximum atomic E-state index is 12.3. The number of ketones is 2. The lowest BCUT2D eigenvalue weighted by Gasteiger charge is -2.03. The predicted molar refractivity (Wildman–Crippen MR) is 83.7 cm³/mol. The van der Waals surface area contributed by atoms with Crippen molar-refractivity contribution < 1.29 is 9.59 Å². The summed E-state index contributed by atoms with van der Waals surface area (Å²) in [6, 6.07) is 22.3. The molecule has 0 saturated carbocycles. The second-order valence-corrected chi connectivity index (χ2v) is 4.95. The Morgan fingerprint density at radius 3 is 2.00 bits per heavy atom. The third kappa shape index (κ3) is 2.90. The maximum Gasteiger partial charge on any atom is 0.170 e. The van der Waals surface area contributed by atoms with E-state index in [0.717, 1.165) is 10.8 Å². The third-order valence-electron chi connectivity index (χ3n) is 3.49. The molecule has 102 valence electrons. The van der Waals surface area contributed by atoms with Crippen molar-refractivity contribution in [2.75, 3.05) is 0 Å². The molecule has 3 aromatic carbocycles. The molecule has 21 heavy (non-hydrogen) atoms. The van der Waals surface area contributed by atoms with E-state index in [1.165, 1.54) is 0 Å². The van der Waals surface area contributed by atoms with Crippen molar-refractivity contribution in [2.45, 2.75) is 6.42 Å². The molecule has 0 bridgehead atoms. The van der Waals surface area contributed by atoms with Crippen molar-refractivity contribution in [3.05, 3.63) is 83.9 Å². The Labute approximate surface area is 123 Å². The number of carbonyl (C=O) groups is 2. The van der Waals surface area contributed by atoms with Gasteiger partial charge in [-0.25, -0.2) is 0 Å². The van der Waals surface area contributed by atoms with Crippen LogP contribution >= 0.6 is 0 Å². The lowest BCUT2D eigenvalue weighted by molar-refractivity contribution is 0.0894. The first-order valence-corrected chi connectivity index (χ1v) is 6.84. The molecule has 2 nitrogen and oxygen atoms in total. The van der Waals surface area contributed by atoms with E-state index in [1.807, 2.05) is 42.5 Å². The van der Waals surface area contributed by atoms with Crippen LogP contribution in [-0.4, -0.2) is 11.6 Å². The van der Waals surface area contributed by atoms with Crippen LogP contribution in [0.4, 0.5) is 0 Å². The minimum atomic E-state index is -0.145. The summed E-state index contributed by atoms with van der Waals surface area (Å²) in [4.78, 5) is 24.3. The summed E-state index contributed by atoms with van der Waals surface area (Å²) in [6.45, 7) is 0. The van der Waals surface area contributed by atoms with Gasteiger partial charge in [0.1, 0.15) is 0 Å². The van der Waals surface area contributed by atoms with E-state index in [4.69, 9.17) is 0 Å². The van der Waals surface area contributed by atoms with E-state index in [-0.39, 0.29) is 18.0 Å². The summed E-state index contributed by atoms with van der Waals surface area (Å²) in [6.07, 6.45) is -0.0949. The molecule has 0 heterocycles. The molecule has 0 aromatic heterocycles. The number of hydrogen-bond acceptors (Lipinski definition) is 2. The minimum Gasteiger partial charge on any atom is -0.294 e. The fraction of sp³-hybridized carbons (Fsp3) is 0.0526. The normalized spacial score (nSPS) is 10.5. The fourth-order valence-corrected chi connectivity index (χ4v) is 2.34. The van der Waals surface area contributed by atoms with Crippen LogP contribution in [0.3, 0.4) is 0 Å². The van der Waals surface area contributed by atoms with Crippen molar-refractivity contribution in [2.24, 2.45) is 0 Å². The van der Waals surface area contributed by atoms with E-state index in [1.54, 1.807) is 30.3 Å². The first kappa shape index (κ1) is 13.3. The van der Waals surface area contributed by atoms with Crippen molar-refractivity contribution in [1.29, 1.82) is 0 Å². The first-order chi connectivity index (χ1) is 10.2. The van der Waals surface area contributed by atoms with Gasteiger partial charge in [0.2, 0.25) is 0 Å². The highest BCUT2D eigenvalue weighted by molar-refractivity contribution is 6.14. The summed E-state index contributed by atoms with van der Waals surface area (Å²) >= 11 is 0. The zero-order chi connectivity index (χ0) is 14.7. The molecular weight excluding hydrogens is 260 g/mol. The highest BCUT2D eigenvalue weighted by Crippen LogP contribution is 2.17. The van der Waals surface area contributed by atoms with Crippen LogP contribution in [0.2, 0.25) is 0 Å². The van der Waals surface area contributed by atoms with Gasteiger partial charge in [0, 0.05) is 11.1 Å². The quantitative estimate of drug-likeness (QED) is 0.525. The number of carbonyl (C=O) groups excluding carboxylic acids is 2. The third-order valence-corrected chi connectivity index (χ3v) is 3.49. The molecule has 0 fully saturated rings. The molecule has 2 heteroatoms. The topological polar surface area (TPSA) is 34.1 Å². The highest BCUT2D eigenvalue weighted by Gasteiger charge is 2.13. The molecule has 0 aliphatic heterocycles. The SMILES string of the molecule is O=C(CC(=O)c1ccc2ccccc2c1)c1ccccc1. The Morgan fingerprint density at radius 1 is 0.619 bits per heavy atom. The fourth-order valence-electron chi connectivity index (χ4n) is 2.34. The van der Waals surface area contributed by atoms with Gasteiger partial charge < -0.3 is 0 Å². The standard InChI is InChI=1S/C19H14O2/c20-18(15-7-2-1-3-8-15)13-19(21)17-11-10-14-6-4-5-9-16(14)12-17/h1-12H,13H2. The van der Waals surface area contributed by atoms with Gasteiger partial charge in [-0.15, -0.1) is 0 Å². The predicted octanol–water partition coefficient (Wildman–Crippen LogP) is 4.30. The van der Waals surface area contributed by atoms with Crippen LogP contribution in [0.1, 0.15) is 27.1 Å². The largest absolute Gasteiger partial charge is 0.294 e. The van der Waals surface area contributed by atoms with Gasteiger partial charge in [0.25, 0.3) is 0 Å². The van der Waals surface area contributed by atoms with Crippen LogP contribution in [0, 0.1) is 0 Å². The minimum absolute atomic E-state index is 0.0949. The molecule has 0 aliphatic rings. The van der Waals surface area contributed by atoms with E-state index in [2.05, 4.69) is 0 Å². The average molecular weight is 274 g/mol. The molecule has 0 spiro atoms.